The van der Waals surface area contributed by atoms with Crippen LogP contribution in [0.2, 0.25) is 10.0 Å². The van der Waals surface area contributed by atoms with Crippen LogP contribution in [-0.4, -0.2) is 29.9 Å². The summed E-state index contributed by atoms with van der Waals surface area (Å²) in [5.74, 6) is -0.564. The number of likely N-dealkylation sites (tertiary alicyclic amines) is 1. The van der Waals surface area contributed by atoms with E-state index in [1.807, 2.05) is 67.3 Å². The zero-order valence-corrected chi connectivity index (χ0v) is 20.2. The normalized spacial score (nSPS) is 24.2. The smallest absolute Gasteiger partial charge is 0.306 e. The molecule has 1 saturated heterocycles. The molecule has 1 aliphatic heterocycles. The Bertz CT molecular complexity index is 991. The van der Waals surface area contributed by atoms with Gasteiger partial charge in [0.15, 0.2) is 0 Å². The molecule has 0 radical (unpaired) electrons. The molecule has 0 saturated carbocycles. The lowest BCUT2D eigenvalue weighted by Gasteiger charge is -2.51. The standard InChI is InChI=1S/C26H29Cl2NO3/c1-5-21(6-2)29-24(17-10-12-19(27)13-11-17)22(18-8-7-9-20(28)14-18)15-26(3,25(29)31)16-23(30)32-4/h5,7-14,21-22,24H,1,6,15-16H2,2-4H3/t21-,22-,24-,26+/m1/s1. The highest BCUT2D eigenvalue weighted by Crippen LogP contribution is 2.52. The molecule has 0 aliphatic carbocycles. The Morgan fingerprint density at radius 3 is 2.47 bits per heavy atom. The van der Waals surface area contributed by atoms with Crippen molar-refractivity contribution in [1.82, 2.24) is 4.90 Å². The highest BCUT2D eigenvalue weighted by Gasteiger charge is 2.52. The third-order valence-corrected chi connectivity index (χ3v) is 6.89. The maximum Gasteiger partial charge on any atom is 0.306 e. The second kappa shape index (κ2) is 10.1. The van der Waals surface area contributed by atoms with Gasteiger partial charge in [0, 0.05) is 16.0 Å². The molecule has 170 valence electrons. The van der Waals surface area contributed by atoms with Gasteiger partial charge in [-0.2, -0.15) is 0 Å². The molecular weight excluding hydrogens is 445 g/mol. The quantitative estimate of drug-likeness (QED) is 0.336. The number of carbonyl (C=O) groups excluding carboxylic acids is 2. The average molecular weight is 474 g/mol. The Balaban J connectivity index is 2.22. The average Bonchev–Trinajstić information content (AvgIpc) is 2.78. The van der Waals surface area contributed by atoms with E-state index in [1.165, 1.54) is 7.11 Å². The van der Waals surface area contributed by atoms with E-state index in [0.717, 1.165) is 11.1 Å². The van der Waals surface area contributed by atoms with Crippen LogP contribution in [0.4, 0.5) is 0 Å². The summed E-state index contributed by atoms with van der Waals surface area (Å²) in [6.07, 6.45) is 3.01. The number of esters is 1. The summed E-state index contributed by atoms with van der Waals surface area (Å²) in [5, 5.41) is 1.26. The summed E-state index contributed by atoms with van der Waals surface area (Å²) in [6, 6.07) is 14.9. The SMILES string of the molecule is C=C[C@H](CC)N1C(=O)[C@](C)(CC(=O)OC)C[C@H](c2cccc(Cl)c2)[C@H]1c1ccc(Cl)cc1. The molecule has 2 aromatic carbocycles. The minimum absolute atomic E-state index is 0.0107. The third kappa shape index (κ3) is 4.87. The molecule has 1 heterocycles. The van der Waals surface area contributed by atoms with Crippen LogP contribution < -0.4 is 0 Å². The van der Waals surface area contributed by atoms with Gasteiger partial charge in [-0.25, -0.2) is 0 Å². The number of benzene rings is 2. The van der Waals surface area contributed by atoms with Gasteiger partial charge in [-0.3, -0.25) is 9.59 Å². The fraction of sp³-hybridized carbons (Fsp3) is 0.385. The van der Waals surface area contributed by atoms with Gasteiger partial charge in [0.25, 0.3) is 0 Å². The van der Waals surface area contributed by atoms with Crippen LogP contribution in [0.1, 0.15) is 56.2 Å². The Morgan fingerprint density at radius 1 is 1.22 bits per heavy atom. The van der Waals surface area contributed by atoms with Crippen LogP contribution in [0.3, 0.4) is 0 Å². The lowest BCUT2D eigenvalue weighted by molar-refractivity contribution is -0.160. The molecule has 1 aliphatic rings. The predicted octanol–water partition coefficient (Wildman–Crippen LogP) is 6.58. The van der Waals surface area contributed by atoms with Gasteiger partial charge in [-0.05, 0) is 48.2 Å². The van der Waals surface area contributed by atoms with Crippen molar-refractivity contribution in [3.05, 3.63) is 82.4 Å². The minimum Gasteiger partial charge on any atom is -0.469 e. The number of hydrogen-bond donors (Lipinski definition) is 0. The van der Waals surface area contributed by atoms with Crippen molar-refractivity contribution in [2.24, 2.45) is 5.41 Å². The first kappa shape index (κ1) is 24.3. The zero-order chi connectivity index (χ0) is 23.5. The molecule has 6 heteroatoms. The van der Waals surface area contributed by atoms with Crippen molar-refractivity contribution in [2.45, 2.75) is 51.1 Å². The second-order valence-electron chi connectivity index (χ2n) is 8.60. The molecule has 0 aromatic heterocycles. The van der Waals surface area contributed by atoms with Gasteiger partial charge in [0.1, 0.15) is 0 Å². The molecule has 0 N–H and O–H groups in total. The summed E-state index contributed by atoms with van der Waals surface area (Å²) in [5.41, 5.74) is 1.08. The van der Waals surface area contributed by atoms with Crippen molar-refractivity contribution in [3.63, 3.8) is 0 Å². The molecule has 1 amide bonds. The van der Waals surface area contributed by atoms with Gasteiger partial charge in [-0.1, -0.05) is 67.4 Å². The monoisotopic (exact) mass is 473 g/mol. The Hall–Kier alpha value is -2.30. The van der Waals surface area contributed by atoms with Crippen molar-refractivity contribution >= 4 is 35.1 Å². The summed E-state index contributed by atoms with van der Waals surface area (Å²) < 4.78 is 4.93. The summed E-state index contributed by atoms with van der Waals surface area (Å²) in [7, 11) is 1.35. The van der Waals surface area contributed by atoms with E-state index >= 15 is 0 Å². The number of halogens is 2. The first-order chi connectivity index (χ1) is 15.2. The first-order valence-corrected chi connectivity index (χ1v) is 11.5. The molecule has 3 rings (SSSR count). The third-order valence-electron chi connectivity index (χ3n) is 6.40. The maximum absolute atomic E-state index is 14.0. The van der Waals surface area contributed by atoms with E-state index in [4.69, 9.17) is 27.9 Å². The molecule has 0 unspecified atom stereocenters. The van der Waals surface area contributed by atoms with Crippen molar-refractivity contribution < 1.29 is 14.3 Å². The van der Waals surface area contributed by atoms with E-state index in [-0.39, 0.29) is 30.3 Å². The number of ether oxygens (including phenoxy) is 1. The lowest BCUT2D eigenvalue weighted by atomic mass is 9.67. The van der Waals surface area contributed by atoms with Gasteiger partial charge >= 0.3 is 5.97 Å². The van der Waals surface area contributed by atoms with Crippen molar-refractivity contribution in [3.8, 4) is 0 Å². The number of carbonyl (C=O) groups is 2. The molecule has 2 aromatic rings. The van der Waals surface area contributed by atoms with Crippen molar-refractivity contribution in [2.75, 3.05) is 7.11 Å². The van der Waals surface area contributed by atoms with E-state index in [9.17, 15) is 9.59 Å². The summed E-state index contributed by atoms with van der Waals surface area (Å²) in [4.78, 5) is 28.2. The second-order valence-corrected chi connectivity index (χ2v) is 9.47. The molecule has 4 nitrogen and oxygen atoms in total. The Morgan fingerprint density at radius 2 is 1.91 bits per heavy atom. The van der Waals surface area contributed by atoms with Gasteiger partial charge in [0.2, 0.25) is 5.91 Å². The number of methoxy groups -OCH3 is 1. The van der Waals surface area contributed by atoms with Crippen LogP contribution in [0, 0.1) is 5.41 Å². The number of piperidine rings is 1. The van der Waals surface area contributed by atoms with Gasteiger partial charge in [0.05, 0.1) is 31.0 Å². The van der Waals surface area contributed by atoms with E-state index < -0.39 is 11.4 Å². The van der Waals surface area contributed by atoms with E-state index in [1.54, 1.807) is 6.08 Å². The topological polar surface area (TPSA) is 46.6 Å². The summed E-state index contributed by atoms with van der Waals surface area (Å²) in [6.45, 7) is 7.87. The molecule has 0 bridgehead atoms. The molecule has 4 atom stereocenters. The van der Waals surface area contributed by atoms with Gasteiger partial charge in [-0.15, -0.1) is 6.58 Å². The molecule has 0 spiro atoms. The largest absolute Gasteiger partial charge is 0.469 e. The Kier molecular flexibility index (Phi) is 7.68. The lowest BCUT2D eigenvalue weighted by Crippen LogP contribution is -2.55. The highest BCUT2D eigenvalue weighted by molar-refractivity contribution is 6.30. The fourth-order valence-corrected chi connectivity index (χ4v) is 5.10. The maximum atomic E-state index is 14.0. The van der Waals surface area contributed by atoms with Crippen LogP contribution in [0.15, 0.2) is 61.2 Å². The van der Waals surface area contributed by atoms with Crippen LogP contribution >= 0.6 is 23.2 Å². The highest BCUT2D eigenvalue weighted by atomic mass is 35.5. The molecular formula is C26H29Cl2NO3. The number of amides is 1. The zero-order valence-electron chi connectivity index (χ0n) is 18.7. The number of hydrogen-bond acceptors (Lipinski definition) is 3. The number of nitrogens with zero attached hydrogens (tertiary/aromatic N) is 1. The van der Waals surface area contributed by atoms with Crippen LogP contribution in [0.5, 0.6) is 0 Å². The van der Waals surface area contributed by atoms with Crippen LogP contribution in [-0.2, 0) is 14.3 Å². The predicted molar refractivity (Wildman–Crippen MR) is 129 cm³/mol. The molecule has 32 heavy (non-hydrogen) atoms. The van der Waals surface area contributed by atoms with Gasteiger partial charge < -0.3 is 9.64 Å². The summed E-state index contributed by atoms with van der Waals surface area (Å²) >= 11 is 12.5. The fourth-order valence-electron chi connectivity index (χ4n) is 4.78. The van der Waals surface area contributed by atoms with Crippen molar-refractivity contribution in [1.29, 1.82) is 0 Å². The van der Waals surface area contributed by atoms with Crippen LogP contribution in [0.25, 0.3) is 0 Å². The number of rotatable bonds is 7. The molecule has 1 fully saturated rings. The van der Waals surface area contributed by atoms with E-state index in [0.29, 0.717) is 22.9 Å². The minimum atomic E-state index is -0.917. The first-order valence-electron chi connectivity index (χ1n) is 10.8. The van der Waals surface area contributed by atoms with E-state index in [2.05, 4.69) is 6.58 Å². The Labute approximate surface area is 200 Å².